The zero-order valence-corrected chi connectivity index (χ0v) is 11.4. The summed E-state index contributed by atoms with van der Waals surface area (Å²) < 4.78 is 0. The van der Waals surface area contributed by atoms with Gasteiger partial charge in [-0.15, -0.1) is 11.3 Å². The normalized spacial score (nSPS) is 22.4. The molecule has 0 aliphatic heterocycles. The Labute approximate surface area is 116 Å². The highest BCUT2D eigenvalue weighted by Crippen LogP contribution is 2.20. The van der Waals surface area contributed by atoms with Crippen LogP contribution in [0.5, 0.6) is 0 Å². The van der Waals surface area contributed by atoms with Gasteiger partial charge in [-0.05, 0) is 25.0 Å². The van der Waals surface area contributed by atoms with Crippen LogP contribution in [0.15, 0.2) is 12.1 Å². The molecule has 1 aliphatic carbocycles. The van der Waals surface area contributed by atoms with Gasteiger partial charge in [0.25, 0.3) is 5.91 Å². The van der Waals surface area contributed by atoms with Crippen molar-refractivity contribution in [1.82, 2.24) is 5.32 Å². The second-order valence-corrected chi connectivity index (χ2v) is 5.64. The number of carbonyl (C=O) groups is 1. The molecule has 4 nitrogen and oxygen atoms in total. The molecule has 2 rings (SSSR count). The van der Waals surface area contributed by atoms with Crippen LogP contribution in [-0.2, 0) is 0 Å². The maximum atomic E-state index is 12.0. The Hall–Kier alpha value is -1.35. The summed E-state index contributed by atoms with van der Waals surface area (Å²) >= 11 is 1.29. The molecular formula is C14H17NO3S. The van der Waals surface area contributed by atoms with Gasteiger partial charge in [0.2, 0.25) is 0 Å². The van der Waals surface area contributed by atoms with E-state index in [1.807, 2.05) is 0 Å². The summed E-state index contributed by atoms with van der Waals surface area (Å²) in [6, 6.07) is 3.34. The van der Waals surface area contributed by atoms with Crippen LogP contribution in [0.3, 0.4) is 0 Å². The van der Waals surface area contributed by atoms with E-state index < -0.39 is 6.10 Å². The average Bonchev–Trinajstić information content (AvgIpc) is 2.88. The molecule has 1 saturated carbocycles. The molecule has 1 aliphatic rings. The van der Waals surface area contributed by atoms with E-state index in [4.69, 9.17) is 5.11 Å². The highest BCUT2D eigenvalue weighted by molar-refractivity contribution is 7.14. The molecule has 1 aromatic heterocycles. The van der Waals surface area contributed by atoms with Crippen molar-refractivity contribution in [2.45, 2.75) is 37.8 Å². The maximum absolute atomic E-state index is 12.0. The Balaban J connectivity index is 1.97. The first-order valence-corrected chi connectivity index (χ1v) is 7.21. The van der Waals surface area contributed by atoms with Crippen molar-refractivity contribution in [1.29, 1.82) is 0 Å². The molecule has 0 bridgehead atoms. The van der Waals surface area contributed by atoms with Crippen molar-refractivity contribution in [2.24, 2.45) is 0 Å². The van der Waals surface area contributed by atoms with E-state index in [1.165, 1.54) is 11.3 Å². The van der Waals surface area contributed by atoms with Gasteiger partial charge < -0.3 is 15.5 Å². The van der Waals surface area contributed by atoms with Crippen LogP contribution in [0.4, 0.5) is 0 Å². The van der Waals surface area contributed by atoms with Crippen molar-refractivity contribution < 1.29 is 15.0 Å². The minimum atomic E-state index is -0.439. The third kappa shape index (κ3) is 3.80. The molecule has 19 heavy (non-hydrogen) atoms. The summed E-state index contributed by atoms with van der Waals surface area (Å²) in [5.74, 6) is 5.16. The molecule has 3 N–H and O–H groups in total. The average molecular weight is 279 g/mol. The molecule has 0 aromatic carbocycles. The number of hydrogen-bond acceptors (Lipinski definition) is 4. The summed E-state index contributed by atoms with van der Waals surface area (Å²) in [7, 11) is 0. The van der Waals surface area contributed by atoms with Crippen molar-refractivity contribution >= 4 is 17.2 Å². The van der Waals surface area contributed by atoms with Gasteiger partial charge >= 0.3 is 0 Å². The first kappa shape index (κ1) is 14.1. The van der Waals surface area contributed by atoms with E-state index in [0.29, 0.717) is 4.88 Å². The van der Waals surface area contributed by atoms with Crippen molar-refractivity contribution in [3.8, 4) is 11.8 Å². The predicted octanol–water partition coefficient (Wildman–Crippen LogP) is 1.13. The van der Waals surface area contributed by atoms with Crippen LogP contribution in [0.1, 0.15) is 40.2 Å². The number of hydrogen-bond donors (Lipinski definition) is 3. The molecular weight excluding hydrogens is 262 g/mol. The largest absolute Gasteiger partial charge is 0.391 e. The Kier molecular flexibility index (Phi) is 4.97. The number of carbonyl (C=O) groups excluding carboxylic acids is 1. The van der Waals surface area contributed by atoms with Crippen LogP contribution < -0.4 is 5.32 Å². The number of rotatable bonds is 2. The quantitative estimate of drug-likeness (QED) is 0.711. The lowest BCUT2D eigenvalue weighted by Crippen LogP contribution is -2.44. The van der Waals surface area contributed by atoms with Crippen molar-refractivity contribution in [3.05, 3.63) is 21.9 Å². The number of amides is 1. The van der Waals surface area contributed by atoms with Gasteiger partial charge in [0.15, 0.2) is 0 Å². The predicted molar refractivity (Wildman–Crippen MR) is 74.0 cm³/mol. The van der Waals surface area contributed by atoms with Gasteiger partial charge in [0.05, 0.1) is 21.9 Å². The van der Waals surface area contributed by atoms with Crippen LogP contribution in [0.2, 0.25) is 0 Å². The van der Waals surface area contributed by atoms with E-state index in [1.54, 1.807) is 12.1 Å². The Morgan fingerprint density at radius 1 is 1.42 bits per heavy atom. The number of nitrogens with one attached hydrogen (secondary N) is 1. The van der Waals surface area contributed by atoms with Gasteiger partial charge in [-0.25, -0.2) is 0 Å². The molecule has 5 heteroatoms. The fourth-order valence-corrected chi connectivity index (χ4v) is 2.96. The molecule has 102 valence electrons. The lowest BCUT2D eigenvalue weighted by atomic mass is 9.92. The molecule has 1 aromatic rings. The number of thiophene rings is 1. The van der Waals surface area contributed by atoms with Crippen LogP contribution in [0.25, 0.3) is 0 Å². The van der Waals surface area contributed by atoms with E-state index in [9.17, 15) is 9.90 Å². The Morgan fingerprint density at radius 2 is 2.21 bits per heavy atom. The van der Waals surface area contributed by atoms with E-state index in [2.05, 4.69) is 17.2 Å². The third-order valence-corrected chi connectivity index (χ3v) is 4.17. The lowest BCUT2D eigenvalue weighted by molar-refractivity contribution is 0.0720. The summed E-state index contributed by atoms with van der Waals surface area (Å²) in [4.78, 5) is 13.4. The fraction of sp³-hybridized carbons (Fsp3) is 0.500. The molecule has 2 atom stereocenters. The molecule has 0 spiro atoms. The monoisotopic (exact) mass is 279 g/mol. The lowest BCUT2D eigenvalue weighted by Gasteiger charge is -2.28. The summed E-state index contributed by atoms with van der Waals surface area (Å²) in [6.07, 6.45) is 3.21. The summed E-state index contributed by atoms with van der Waals surface area (Å²) in [5.41, 5.74) is 0. The van der Waals surface area contributed by atoms with Crippen LogP contribution >= 0.6 is 11.3 Å². The molecule has 1 fully saturated rings. The first-order valence-electron chi connectivity index (χ1n) is 6.39. The topological polar surface area (TPSA) is 69.6 Å². The maximum Gasteiger partial charge on any atom is 0.261 e. The van der Waals surface area contributed by atoms with E-state index in [-0.39, 0.29) is 18.6 Å². The van der Waals surface area contributed by atoms with Crippen LogP contribution in [0, 0.1) is 11.8 Å². The van der Waals surface area contributed by atoms with Gasteiger partial charge in [-0.2, -0.15) is 0 Å². The second kappa shape index (κ2) is 6.71. The van der Waals surface area contributed by atoms with Crippen molar-refractivity contribution in [3.63, 3.8) is 0 Å². The highest BCUT2D eigenvalue weighted by Gasteiger charge is 2.25. The van der Waals surface area contributed by atoms with Gasteiger partial charge in [-0.3, -0.25) is 4.79 Å². The zero-order valence-electron chi connectivity index (χ0n) is 10.6. The molecule has 1 heterocycles. The smallest absolute Gasteiger partial charge is 0.261 e. The molecule has 2 unspecified atom stereocenters. The van der Waals surface area contributed by atoms with Crippen molar-refractivity contribution in [2.75, 3.05) is 6.61 Å². The van der Waals surface area contributed by atoms with Gasteiger partial charge in [0.1, 0.15) is 6.61 Å². The fourth-order valence-electron chi connectivity index (χ4n) is 2.17. The first-order chi connectivity index (χ1) is 9.20. The SMILES string of the molecule is O=C(NC1CCCCC1O)c1ccc(C#CCO)s1. The Bertz CT molecular complexity index is 500. The van der Waals surface area contributed by atoms with Gasteiger partial charge in [-0.1, -0.05) is 24.7 Å². The third-order valence-electron chi connectivity index (χ3n) is 3.17. The zero-order chi connectivity index (χ0) is 13.7. The number of aliphatic hydroxyl groups is 2. The van der Waals surface area contributed by atoms with E-state index in [0.717, 1.165) is 30.6 Å². The number of aliphatic hydroxyl groups excluding tert-OH is 2. The molecule has 1 amide bonds. The minimum absolute atomic E-state index is 0.143. The minimum Gasteiger partial charge on any atom is -0.391 e. The standard InChI is InChI=1S/C14H17NO3S/c16-9-3-4-10-7-8-13(19-10)14(18)15-11-5-1-2-6-12(11)17/h7-8,11-12,16-17H,1-2,5-6,9H2,(H,15,18). The van der Waals surface area contributed by atoms with Crippen LogP contribution in [-0.4, -0.2) is 34.9 Å². The summed E-state index contributed by atoms with van der Waals surface area (Å²) in [5, 5.41) is 21.3. The Morgan fingerprint density at radius 3 is 2.95 bits per heavy atom. The van der Waals surface area contributed by atoms with E-state index >= 15 is 0 Å². The second-order valence-electron chi connectivity index (χ2n) is 4.56. The molecule has 0 radical (unpaired) electrons. The highest BCUT2D eigenvalue weighted by atomic mass is 32.1. The molecule has 0 saturated heterocycles. The summed E-state index contributed by atoms with van der Waals surface area (Å²) in [6.45, 7) is -0.187. The van der Waals surface area contributed by atoms with Gasteiger partial charge in [0, 0.05) is 0 Å².